The van der Waals surface area contributed by atoms with Crippen molar-refractivity contribution in [2.75, 3.05) is 19.3 Å². The quantitative estimate of drug-likeness (QED) is 0.0733. The van der Waals surface area contributed by atoms with Crippen LogP contribution in [0.2, 0.25) is 0 Å². The van der Waals surface area contributed by atoms with Crippen LogP contribution in [0.15, 0.2) is 24.3 Å². The first-order valence-electron chi connectivity index (χ1n) is 19.1. The lowest BCUT2D eigenvalue weighted by Crippen LogP contribution is -2.55. The number of nitrogens with zero attached hydrogens (tertiary/aromatic N) is 1. The van der Waals surface area contributed by atoms with E-state index in [2.05, 4.69) is 15.4 Å². The number of carboxylic acid groups (broad SMARTS) is 1. The molecule has 0 saturated heterocycles. The Labute approximate surface area is 331 Å². The molecule has 2 rings (SSSR count). The van der Waals surface area contributed by atoms with Gasteiger partial charge in [0.1, 0.15) is 29.0 Å². The highest BCUT2D eigenvalue weighted by atomic mass is 32.2. The van der Waals surface area contributed by atoms with E-state index in [1.807, 2.05) is 0 Å². The lowest BCUT2D eigenvalue weighted by Gasteiger charge is -2.40. The average Bonchev–Trinajstić information content (AvgIpc) is 3.51. The van der Waals surface area contributed by atoms with Gasteiger partial charge in [-0.1, -0.05) is 25.0 Å². The summed E-state index contributed by atoms with van der Waals surface area (Å²) >= 11 is 0. The first-order valence-corrected chi connectivity index (χ1v) is 21.0. The molecule has 1 unspecified atom stereocenters. The second-order valence-electron chi connectivity index (χ2n) is 17.6. The number of ether oxygens (including phenoxy) is 2. The van der Waals surface area contributed by atoms with Gasteiger partial charge in [0.15, 0.2) is 0 Å². The van der Waals surface area contributed by atoms with E-state index in [-0.39, 0.29) is 38.1 Å². The van der Waals surface area contributed by atoms with Gasteiger partial charge < -0.3 is 35.2 Å². The van der Waals surface area contributed by atoms with E-state index in [1.165, 1.54) is 17.2 Å². The number of alkyl carbamates (subject to hydrolysis) is 1. The minimum atomic E-state index is -3.83. The van der Waals surface area contributed by atoms with Gasteiger partial charge in [-0.05, 0) is 119 Å². The molecule has 56 heavy (non-hydrogen) atoms. The highest BCUT2D eigenvalue weighted by Gasteiger charge is 2.49. The smallest absolute Gasteiger partial charge is 0.407 e. The van der Waals surface area contributed by atoms with E-state index < -0.39 is 80.1 Å². The van der Waals surface area contributed by atoms with Crippen LogP contribution < -0.4 is 15.4 Å². The molecule has 16 nitrogen and oxygen atoms in total. The zero-order chi connectivity index (χ0) is 42.7. The van der Waals surface area contributed by atoms with E-state index in [9.17, 15) is 42.6 Å². The predicted octanol–water partition coefficient (Wildman–Crippen LogP) is 4.58. The van der Waals surface area contributed by atoms with Crippen LogP contribution in [0.1, 0.15) is 119 Å². The molecule has 1 aliphatic carbocycles. The Morgan fingerprint density at radius 1 is 0.875 bits per heavy atom. The molecule has 0 radical (unpaired) electrons. The van der Waals surface area contributed by atoms with Crippen LogP contribution in [0, 0.1) is 11.3 Å². The number of aromatic hydroxyl groups is 1. The maximum Gasteiger partial charge on any atom is 0.407 e. The average molecular weight is 813 g/mol. The van der Waals surface area contributed by atoms with Crippen LogP contribution in [0.5, 0.6) is 5.75 Å². The Balaban J connectivity index is 2.32. The molecule has 0 heterocycles. The van der Waals surface area contributed by atoms with Crippen LogP contribution in [0.4, 0.5) is 4.79 Å². The number of aliphatic carboxylic acids is 1. The number of benzene rings is 1. The largest absolute Gasteiger partial charge is 0.508 e. The highest BCUT2D eigenvalue weighted by Crippen LogP contribution is 2.45. The summed E-state index contributed by atoms with van der Waals surface area (Å²) < 4.78 is 37.7. The van der Waals surface area contributed by atoms with Crippen LogP contribution in [0.25, 0.3) is 0 Å². The lowest BCUT2D eigenvalue weighted by molar-refractivity contribution is -0.242. The fraction of sp³-hybridized carbons (Fsp3) is 0.718. The summed E-state index contributed by atoms with van der Waals surface area (Å²) in [5.41, 5.74) is -3.20. The molecule has 1 saturated carbocycles. The first kappa shape index (κ1) is 48.2. The lowest BCUT2D eigenvalue weighted by atomic mass is 9.77. The van der Waals surface area contributed by atoms with Gasteiger partial charge in [-0.3, -0.25) is 14.4 Å². The van der Waals surface area contributed by atoms with Crippen molar-refractivity contribution >= 4 is 39.9 Å². The van der Waals surface area contributed by atoms with Gasteiger partial charge in [0.2, 0.25) is 15.9 Å². The number of amides is 2. The zero-order valence-electron chi connectivity index (χ0n) is 34.7. The fourth-order valence-electron chi connectivity index (χ4n) is 6.45. The minimum absolute atomic E-state index is 0.0190. The van der Waals surface area contributed by atoms with Gasteiger partial charge in [-0.15, -0.1) is 5.06 Å². The molecule has 1 fully saturated rings. The van der Waals surface area contributed by atoms with Crippen molar-refractivity contribution in [1.82, 2.24) is 20.4 Å². The number of phenols is 1. The second-order valence-corrected chi connectivity index (χ2v) is 19.4. The summed E-state index contributed by atoms with van der Waals surface area (Å²) in [5, 5.41) is 26.5. The summed E-state index contributed by atoms with van der Waals surface area (Å²) in [4.78, 5) is 72.3. The Hall–Kier alpha value is -3.96. The SMILES string of the molecule is CC(C)(C)OC(=O)NCCCC[C@H](NS(C)(=O)=O)C(=O)NCC(CC1(C(=O)ON([C@@H](Cc2ccc(O)cc2)C(=O)O)C(C)(C)C)CCCC1)C(=O)OC(C)(C)C. The normalized spacial score (nSPS) is 16.3. The minimum Gasteiger partial charge on any atom is -0.508 e. The molecule has 17 heteroatoms. The number of hydrogen-bond donors (Lipinski definition) is 5. The predicted molar refractivity (Wildman–Crippen MR) is 209 cm³/mol. The Bertz CT molecular complexity index is 1610. The van der Waals surface area contributed by atoms with Gasteiger partial charge >= 0.3 is 24.0 Å². The molecule has 0 aliphatic heterocycles. The molecule has 1 aromatic rings. The number of hydrogen-bond acceptors (Lipinski definition) is 12. The van der Waals surface area contributed by atoms with Gasteiger partial charge in [-0.2, -0.15) is 0 Å². The van der Waals surface area contributed by atoms with Gasteiger partial charge in [-0.25, -0.2) is 22.7 Å². The summed E-state index contributed by atoms with van der Waals surface area (Å²) in [6.45, 7) is 15.4. The summed E-state index contributed by atoms with van der Waals surface area (Å²) in [6.07, 6.45) is 3.01. The van der Waals surface area contributed by atoms with E-state index in [0.717, 1.165) is 6.26 Å². The van der Waals surface area contributed by atoms with Crippen LogP contribution in [-0.4, -0.2) is 102 Å². The van der Waals surface area contributed by atoms with Crippen molar-refractivity contribution in [3.8, 4) is 5.75 Å². The Kier molecular flexibility index (Phi) is 17.2. The molecule has 5 N–H and O–H groups in total. The number of hydroxylamine groups is 2. The maximum atomic E-state index is 14.3. The molecule has 0 aromatic heterocycles. The van der Waals surface area contributed by atoms with E-state index in [0.29, 0.717) is 44.1 Å². The molecule has 0 spiro atoms. The number of unbranched alkanes of at least 4 members (excludes halogenated alkanes) is 1. The number of phenolic OH excluding ortho intramolecular Hbond substituents is 1. The van der Waals surface area contributed by atoms with Crippen molar-refractivity contribution in [1.29, 1.82) is 0 Å². The molecule has 0 bridgehead atoms. The topological polar surface area (TPSA) is 227 Å². The van der Waals surface area contributed by atoms with Crippen molar-refractivity contribution in [2.45, 2.75) is 149 Å². The third-order valence-corrected chi connectivity index (χ3v) is 9.64. The van der Waals surface area contributed by atoms with Crippen molar-refractivity contribution in [3.63, 3.8) is 0 Å². The number of carbonyl (C=O) groups is 5. The third kappa shape index (κ3) is 17.0. The summed E-state index contributed by atoms with van der Waals surface area (Å²) in [7, 11) is -3.83. The number of carbonyl (C=O) groups excluding carboxylic acids is 4. The molecule has 2 amide bonds. The van der Waals surface area contributed by atoms with Crippen LogP contribution in [-0.2, 0) is 49.9 Å². The van der Waals surface area contributed by atoms with E-state index >= 15 is 0 Å². The first-order chi connectivity index (χ1) is 25.6. The number of nitrogens with one attached hydrogen (secondary N) is 3. The maximum absolute atomic E-state index is 14.3. The number of rotatable bonds is 19. The standard InChI is InChI=1S/C39H64N4O12S/c1-36(2,3)43(30(32(46)47)23-26-16-18-28(44)19-17-26)55-34(49)39(20-12-13-21-39)24-27(33(48)53-37(4,5)6)25-41-31(45)29(42-56(10,51)52)15-11-14-22-40-35(50)54-38(7,8)9/h16-19,27,29-30,42,44H,11-15,20-25H2,1-10H3,(H,40,50)(H,41,45)(H,46,47)/t27?,29-,30-/m0/s1. The van der Waals surface area contributed by atoms with Gasteiger partial charge in [0.25, 0.3) is 0 Å². The zero-order valence-corrected chi connectivity index (χ0v) is 35.5. The number of esters is 1. The third-order valence-electron chi connectivity index (χ3n) is 8.93. The summed E-state index contributed by atoms with van der Waals surface area (Å²) in [6, 6.07) is 3.57. The second kappa shape index (κ2) is 19.9. The monoisotopic (exact) mass is 812 g/mol. The summed E-state index contributed by atoms with van der Waals surface area (Å²) in [5.74, 6) is -4.35. The highest BCUT2D eigenvalue weighted by molar-refractivity contribution is 7.88. The number of carboxylic acids is 1. The molecule has 318 valence electrons. The molecular formula is C39H64N4O12S. The molecule has 3 atom stereocenters. The van der Waals surface area contributed by atoms with Crippen molar-refractivity contribution < 1.29 is 56.9 Å². The molecule has 1 aromatic carbocycles. The van der Waals surface area contributed by atoms with E-state index in [1.54, 1.807) is 74.4 Å². The number of sulfonamides is 1. The molecular weight excluding hydrogens is 749 g/mol. The van der Waals surface area contributed by atoms with Crippen molar-refractivity contribution in [2.24, 2.45) is 11.3 Å². The van der Waals surface area contributed by atoms with Gasteiger partial charge in [0, 0.05) is 25.0 Å². The Morgan fingerprint density at radius 2 is 1.45 bits per heavy atom. The van der Waals surface area contributed by atoms with Crippen molar-refractivity contribution in [3.05, 3.63) is 29.8 Å². The Morgan fingerprint density at radius 3 is 1.95 bits per heavy atom. The van der Waals surface area contributed by atoms with Crippen LogP contribution >= 0.6 is 0 Å². The fourth-order valence-corrected chi connectivity index (χ4v) is 7.19. The van der Waals surface area contributed by atoms with Gasteiger partial charge in [0.05, 0.1) is 17.6 Å². The van der Waals surface area contributed by atoms with Crippen LogP contribution in [0.3, 0.4) is 0 Å². The molecule has 1 aliphatic rings. The van der Waals surface area contributed by atoms with E-state index in [4.69, 9.17) is 14.3 Å².